The number of carbonyl (C=O) groups excluding carboxylic acids is 1. The van der Waals surface area contributed by atoms with E-state index in [1.54, 1.807) is 30.5 Å². The Morgan fingerprint density at radius 2 is 2.00 bits per heavy atom. The third-order valence-electron chi connectivity index (χ3n) is 7.40. The molecule has 1 aliphatic heterocycles. The molecule has 1 aliphatic carbocycles. The molecule has 0 radical (unpaired) electrons. The summed E-state index contributed by atoms with van der Waals surface area (Å²) in [5.74, 6) is 0.0278. The zero-order valence-electron chi connectivity index (χ0n) is 19.4. The maximum absolute atomic E-state index is 13.0. The molecule has 7 nitrogen and oxygen atoms in total. The fourth-order valence-electron chi connectivity index (χ4n) is 6.16. The van der Waals surface area contributed by atoms with Gasteiger partial charge < -0.3 is 19.0 Å². The first-order valence-corrected chi connectivity index (χ1v) is 11.1. The van der Waals surface area contributed by atoms with Gasteiger partial charge in [0.05, 0.1) is 6.10 Å². The number of ether oxygens (including phenoxy) is 2. The number of hydrogen-bond acceptors (Lipinski definition) is 7. The van der Waals surface area contributed by atoms with Gasteiger partial charge in [-0.1, -0.05) is 33.8 Å². The van der Waals surface area contributed by atoms with E-state index in [0.717, 1.165) is 0 Å². The van der Waals surface area contributed by atoms with Crippen LogP contribution in [0.2, 0.25) is 0 Å². The molecule has 4 rings (SSSR count). The largest absolute Gasteiger partial charge is 0.482 e. The van der Waals surface area contributed by atoms with Crippen LogP contribution >= 0.6 is 0 Å². The zero-order chi connectivity index (χ0) is 23.4. The summed E-state index contributed by atoms with van der Waals surface area (Å²) < 4.78 is 17.8. The molecule has 0 saturated heterocycles. The molecular formula is C25H31NO6. The highest BCUT2D eigenvalue weighted by Crippen LogP contribution is 2.60. The first kappa shape index (κ1) is 22.5. The first-order valence-electron chi connectivity index (χ1n) is 11.1. The monoisotopic (exact) mass is 441 g/mol. The van der Waals surface area contributed by atoms with Crippen molar-refractivity contribution in [2.75, 3.05) is 0 Å². The number of aliphatic hydroxyl groups excluding tert-OH is 1. The highest BCUT2D eigenvalue weighted by Gasteiger charge is 2.64. The van der Waals surface area contributed by atoms with Crippen molar-refractivity contribution < 1.29 is 23.8 Å². The normalized spacial score (nSPS) is 30.8. The number of aromatic nitrogens is 1. The van der Waals surface area contributed by atoms with Gasteiger partial charge in [0.15, 0.2) is 5.76 Å². The zero-order valence-corrected chi connectivity index (χ0v) is 19.4. The topological polar surface area (TPSA) is 98.9 Å². The van der Waals surface area contributed by atoms with E-state index in [1.165, 1.54) is 6.92 Å². The van der Waals surface area contributed by atoms with Crippen molar-refractivity contribution in [1.29, 1.82) is 0 Å². The highest BCUT2D eigenvalue weighted by atomic mass is 16.6. The second-order valence-electron chi connectivity index (χ2n) is 10.1. The van der Waals surface area contributed by atoms with Crippen molar-refractivity contribution in [3.05, 3.63) is 46.4 Å². The summed E-state index contributed by atoms with van der Waals surface area (Å²) in [6.07, 6.45) is 0.508. The predicted octanol–water partition coefficient (Wildman–Crippen LogP) is 4.14. The summed E-state index contributed by atoms with van der Waals surface area (Å²) in [6, 6.07) is 6.88. The second-order valence-corrected chi connectivity index (χ2v) is 10.1. The van der Waals surface area contributed by atoms with Gasteiger partial charge in [0.25, 0.3) is 0 Å². The van der Waals surface area contributed by atoms with E-state index in [9.17, 15) is 14.7 Å². The molecule has 2 aromatic heterocycles. The number of nitrogens with zero attached hydrogens (tertiary/aromatic N) is 1. The molecule has 0 unspecified atom stereocenters. The molecule has 3 heterocycles. The van der Waals surface area contributed by atoms with Crippen LogP contribution in [0.5, 0.6) is 5.75 Å². The predicted molar refractivity (Wildman–Crippen MR) is 118 cm³/mol. The number of aliphatic hydroxyl groups is 1. The Hall–Kier alpha value is -2.67. The lowest BCUT2D eigenvalue weighted by Gasteiger charge is -2.60. The van der Waals surface area contributed by atoms with E-state index >= 15 is 0 Å². The third kappa shape index (κ3) is 3.43. The Balaban J connectivity index is 1.89. The van der Waals surface area contributed by atoms with Crippen molar-refractivity contribution in [2.24, 2.45) is 23.2 Å². The van der Waals surface area contributed by atoms with Crippen molar-refractivity contribution in [2.45, 2.75) is 65.8 Å². The van der Waals surface area contributed by atoms with Crippen LogP contribution in [0.15, 0.2) is 39.7 Å². The molecule has 1 fully saturated rings. The lowest BCUT2D eigenvalue weighted by Crippen LogP contribution is -2.66. The minimum absolute atomic E-state index is 0.103. The molecule has 2 aromatic rings. The minimum atomic E-state index is -1.13. The van der Waals surface area contributed by atoms with Gasteiger partial charge in [-0.2, -0.15) is 0 Å². The van der Waals surface area contributed by atoms with Gasteiger partial charge in [-0.15, -0.1) is 0 Å². The van der Waals surface area contributed by atoms with E-state index in [-0.39, 0.29) is 28.9 Å². The number of esters is 1. The third-order valence-corrected chi connectivity index (χ3v) is 7.40. The molecule has 1 N–H and O–H groups in total. The Bertz CT molecular complexity index is 1080. The molecule has 0 spiro atoms. The van der Waals surface area contributed by atoms with Gasteiger partial charge in [0.1, 0.15) is 28.7 Å². The van der Waals surface area contributed by atoms with Crippen LogP contribution in [0.25, 0.3) is 11.5 Å². The molecule has 7 heteroatoms. The molecule has 0 bridgehead atoms. The van der Waals surface area contributed by atoms with Crippen LogP contribution in [0, 0.1) is 23.2 Å². The molecule has 0 aromatic carbocycles. The maximum atomic E-state index is 13.0. The van der Waals surface area contributed by atoms with Gasteiger partial charge in [-0.05, 0) is 42.7 Å². The Labute approximate surface area is 187 Å². The van der Waals surface area contributed by atoms with E-state index in [1.807, 2.05) is 6.92 Å². The summed E-state index contributed by atoms with van der Waals surface area (Å²) in [5, 5.41) is 11.6. The van der Waals surface area contributed by atoms with Crippen molar-refractivity contribution in [3.63, 3.8) is 0 Å². The van der Waals surface area contributed by atoms with E-state index < -0.39 is 40.7 Å². The lowest BCUT2D eigenvalue weighted by atomic mass is 9.51. The van der Waals surface area contributed by atoms with Gasteiger partial charge in [-0.3, -0.25) is 9.78 Å². The number of hydrogen-bond donors (Lipinski definition) is 1. The summed E-state index contributed by atoms with van der Waals surface area (Å²) in [6.45, 7) is 11.7. The van der Waals surface area contributed by atoms with E-state index in [4.69, 9.17) is 13.9 Å². The summed E-state index contributed by atoms with van der Waals surface area (Å²) >= 11 is 0. The summed E-state index contributed by atoms with van der Waals surface area (Å²) in [4.78, 5) is 29.2. The molecule has 5 atom stereocenters. The summed E-state index contributed by atoms with van der Waals surface area (Å²) in [7, 11) is 0. The van der Waals surface area contributed by atoms with Crippen LogP contribution in [0.1, 0.15) is 59.6 Å². The molecule has 172 valence electrons. The number of carbonyl (C=O) groups is 1. The van der Waals surface area contributed by atoms with Crippen molar-refractivity contribution >= 4 is 5.97 Å². The van der Waals surface area contributed by atoms with Crippen LogP contribution in [-0.4, -0.2) is 27.8 Å². The van der Waals surface area contributed by atoms with E-state index in [2.05, 4.69) is 32.7 Å². The highest BCUT2D eigenvalue weighted by molar-refractivity contribution is 5.66. The average Bonchev–Trinajstić information content (AvgIpc) is 2.69. The van der Waals surface area contributed by atoms with Crippen molar-refractivity contribution in [3.8, 4) is 17.2 Å². The molecule has 32 heavy (non-hydrogen) atoms. The number of pyridine rings is 1. The van der Waals surface area contributed by atoms with Gasteiger partial charge in [0, 0.05) is 25.1 Å². The maximum Gasteiger partial charge on any atom is 0.345 e. The van der Waals surface area contributed by atoms with Crippen LogP contribution in [0.3, 0.4) is 0 Å². The minimum Gasteiger partial charge on any atom is -0.482 e. The van der Waals surface area contributed by atoms with Gasteiger partial charge >= 0.3 is 11.6 Å². The SMILES string of the molecule is CC(=O)O[C@H]1C[C@@H](C(C)C)C(C)(C)[C@H]2[C@@H](O)c3c(cc(-c4ccccn4)oc3=O)O[C@]12C. The second kappa shape index (κ2) is 7.73. The van der Waals surface area contributed by atoms with Gasteiger partial charge in [-0.25, -0.2) is 4.79 Å². The average molecular weight is 442 g/mol. The number of fused-ring (bicyclic) bond motifs is 2. The van der Waals surface area contributed by atoms with Crippen LogP contribution in [0.4, 0.5) is 0 Å². The van der Waals surface area contributed by atoms with E-state index in [0.29, 0.717) is 12.1 Å². The standard InChI is InChI=1S/C25H31NO6/c1-13(2)15-11-19(30-14(3)27)25(6)22(24(15,4)5)21(28)20-18(32-25)12-17(31-23(20)29)16-9-7-8-10-26-16/h7-10,12-13,15,19,21-22,28H,11H2,1-6H3/t15-,19-,21-,22+,25+/m0/s1. The Kier molecular flexibility index (Phi) is 5.44. The first-order chi connectivity index (χ1) is 15.0. The smallest absolute Gasteiger partial charge is 0.345 e. The molecule has 0 amide bonds. The quantitative estimate of drug-likeness (QED) is 0.715. The fourth-order valence-corrected chi connectivity index (χ4v) is 6.16. The lowest BCUT2D eigenvalue weighted by molar-refractivity contribution is -0.229. The summed E-state index contributed by atoms with van der Waals surface area (Å²) in [5.41, 5.74) is -1.49. The molecule has 1 saturated carbocycles. The fraction of sp³-hybridized carbons (Fsp3) is 0.560. The Morgan fingerprint density at radius 3 is 2.59 bits per heavy atom. The number of rotatable bonds is 3. The molecular weight excluding hydrogens is 410 g/mol. The van der Waals surface area contributed by atoms with Gasteiger partial charge in [0.2, 0.25) is 0 Å². The Morgan fingerprint density at radius 1 is 1.28 bits per heavy atom. The van der Waals surface area contributed by atoms with Crippen molar-refractivity contribution in [1.82, 2.24) is 4.98 Å². The van der Waals surface area contributed by atoms with Crippen LogP contribution in [-0.2, 0) is 9.53 Å². The van der Waals surface area contributed by atoms with Crippen LogP contribution < -0.4 is 10.4 Å². The molecule has 2 aliphatic rings.